The molecule has 4 aromatic rings. The van der Waals surface area contributed by atoms with Crippen LogP contribution < -0.4 is 15.3 Å². The Morgan fingerprint density at radius 2 is 1.54 bits per heavy atom. The first-order chi connectivity index (χ1) is 28.5. The molecule has 0 saturated heterocycles. The van der Waals surface area contributed by atoms with Crippen LogP contribution in [0.25, 0.3) is 11.2 Å². The van der Waals surface area contributed by atoms with E-state index in [0.29, 0.717) is 0 Å². The van der Waals surface area contributed by atoms with Crippen molar-refractivity contribution in [3.63, 3.8) is 0 Å². The number of carbonyl (C=O) groups is 1. The van der Waals surface area contributed by atoms with Crippen molar-refractivity contribution in [1.82, 2.24) is 24.6 Å². The van der Waals surface area contributed by atoms with Gasteiger partial charge in [0, 0.05) is 7.11 Å². The number of aliphatic hydroxyl groups excluding tert-OH is 1. The number of nitrogens with zero attached hydrogens (tertiary/aromatic N) is 4. The van der Waals surface area contributed by atoms with Gasteiger partial charge in [0.1, 0.15) is 36.1 Å². The second kappa shape index (κ2) is 24.6. The lowest BCUT2D eigenvalue weighted by Crippen LogP contribution is -2.49. The number of fused-ring (bicyclic) bond motifs is 1. The van der Waals surface area contributed by atoms with Gasteiger partial charge in [-0.1, -0.05) is 133 Å². The Bertz CT molecular complexity index is 1920. The van der Waals surface area contributed by atoms with Crippen LogP contribution in [0.5, 0.6) is 5.75 Å². The van der Waals surface area contributed by atoms with Crippen molar-refractivity contribution in [2.45, 2.75) is 141 Å². The molecule has 15 heteroatoms. The quantitative estimate of drug-likeness (QED) is 0.0156. The van der Waals surface area contributed by atoms with Crippen molar-refractivity contribution in [2.75, 3.05) is 19.5 Å². The molecule has 322 valence electrons. The van der Waals surface area contributed by atoms with E-state index in [9.17, 15) is 18.9 Å². The smallest absolute Gasteiger partial charge is 0.459 e. The average molecular weight is 837 g/mol. The van der Waals surface area contributed by atoms with E-state index in [1.165, 1.54) is 56.5 Å². The van der Waals surface area contributed by atoms with E-state index in [1.807, 2.05) is 30.3 Å². The van der Waals surface area contributed by atoms with Gasteiger partial charge in [0.15, 0.2) is 17.1 Å². The number of rotatable bonds is 29. The maximum absolute atomic E-state index is 15.0. The van der Waals surface area contributed by atoms with Crippen LogP contribution in [0.1, 0.15) is 109 Å². The Hall–Kier alpha value is -4.38. The van der Waals surface area contributed by atoms with Gasteiger partial charge in [-0.05, 0) is 49.8 Å². The highest BCUT2D eigenvalue weighted by Gasteiger charge is 2.43. The molecule has 0 aliphatic carbocycles. The molecule has 59 heavy (non-hydrogen) atoms. The molecule has 4 rings (SSSR count). The normalized spacial score (nSPS) is 14.7. The minimum absolute atomic E-state index is 0.0188. The van der Waals surface area contributed by atoms with Crippen molar-refractivity contribution in [3.8, 4) is 18.1 Å². The van der Waals surface area contributed by atoms with Crippen LogP contribution in [-0.2, 0) is 36.3 Å². The molecule has 13 nitrogen and oxygen atoms in total. The summed E-state index contributed by atoms with van der Waals surface area (Å²) >= 11 is 0. The predicted octanol–water partition coefficient (Wildman–Crippen LogP) is 8.74. The van der Waals surface area contributed by atoms with Crippen LogP contribution in [0.3, 0.4) is 0 Å². The summed E-state index contributed by atoms with van der Waals surface area (Å²) < 4.78 is 54.4. The number of hydrogen-bond acceptors (Lipinski definition) is 11. The van der Waals surface area contributed by atoms with Crippen LogP contribution in [-0.4, -0.2) is 68.2 Å². The van der Waals surface area contributed by atoms with Gasteiger partial charge in [-0.2, -0.15) is 19.4 Å². The fourth-order valence-electron chi connectivity index (χ4n) is 6.82. The summed E-state index contributed by atoms with van der Waals surface area (Å²) in [4.78, 5) is 25.7. The first-order valence-corrected chi connectivity index (χ1v) is 22.5. The summed E-state index contributed by atoms with van der Waals surface area (Å²) in [6, 6.07) is 16.5. The number of aliphatic hydroxyl groups is 1. The Balaban J connectivity index is 1.59. The van der Waals surface area contributed by atoms with Crippen molar-refractivity contribution < 1.29 is 37.4 Å². The van der Waals surface area contributed by atoms with Crippen molar-refractivity contribution in [2.24, 2.45) is 0 Å². The number of anilines is 1. The molecule has 4 atom stereocenters. The summed E-state index contributed by atoms with van der Waals surface area (Å²) in [7, 11) is -3.27. The zero-order valence-corrected chi connectivity index (χ0v) is 35.7. The molecular weight excluding hydrogens is 774 g/mol. The summed E-state index contributed by atoms with van der Waals surface area (Å²) in [5.41, 5.74) is 4.83. The van der Waals surface area contributed by atoms with E-state index >= 15 is 0 Å². The Kier molecular flexibility index (Phi) is 19.8. The molecular formula is C44H62FN6O7P. The van der Waals surface area contributed by atoms with Crippen LogP contribution in [0.2, 0.25) is 0 Å². The lowest BCUT2D eigenvalue weighted by atomic mass is 9.98. The second-order valence-electron chi connectivity index (χ2n) is 14.9. The number of esters is 1. The van der Waals surface area contributed by atoms with Crippen LogP contribution in [0.4, 0.5) is 10.2 Å². The molecule has 2 heterocycles. The molecule has 0 radical (unpaired) electrons. The standard InChI is InChI=1S/C44H62FN6O7P/c1-5-8-10-12-14-20-26-35(27-21-15-13-11-9-6-2)57-42(53)37(30-34-24-18-16-19-25-34)50-59(54,58-36-28-22-17-23-29-36)56-32-44(7-3,55-4)38(52)31-51-33-47-39-40(46)48-43(45)49-41(39)51/h3,16-19,22-25,28-29,33,35,37-38,52H,5-6,8-15,20-21,26-27,30-32H2,1-2,4H3,(H,50,54)(H2,46,48,49)/t37-,38-,44+,59?/m0/s1. The van der Waals surface area contributed by atoms with Gasteiger partial charge in [-0.3, -0.25) is 9.32 Å². The van der Waals surface area contributed by atoms with E-state index in [4.69, 9.17) is 30.7 Å². The third-order valence-electron chi connectivity index (χ3n) is 10.3. The third-order valence-corrected chi connectivity index (χ3v) is 11.9. The number of aromatic nitrogens is 4. The average Bonchev–Trinajstić information content (AvgIpc) is 3.63. The number of terminal acetylenes is 1. The number of benzene rings is 2. The van der Waals surface area contributed by atoms with Gasteiger partial charge in [0.25, 0.3) is 0 Å². The topological polar surface area (TPSA) is 173 Å². The van der Waals surface area contributed by atoms with Gasteiger partial charge < -0.3 is 29.4 Å². The molecule has 0 bridgehead atoms. The van der Waals surface area contributed by atoms with Crippen LogP contribution in [0.15, 0.2) is 67.0 Å². The molecule has 1 unspecified atom stereocenters. The first kappa shape index (κ1) is 47.3. The molecule has 0 spiro atoms. The van der Waals surface area contributed by atoms with E-state index < -0.39 is 44.1 Å². The number of nitrogens with one attached hydrogen (secondary N) is 1. The van der Waals surface area contributed by atoms with Crippen molar-refractivity contribution in [3.05, 3.63) is 78.6 Å². The van der Waals surface area contributed by atoms with Crippen molar-refractivity contribution in [1.29, 1.82) is 0 Å². The molecule has 4 N–H and O–H groups in total. The van der Waals surface area contributed by atoms with Gasteiger partial charge in [-0.15, -0.1) is 6.42 Å². The Morgan fingerprint density at radius 1 is 0.949 bits per heavy atom. The van der Waals surface area contributed by atoms with Gasteiger partial charge in [0.2, 0.25) is 0 Å². The molecule has 2 aromatic heterocycles. The van der Waals surface area contributed by atoms with Crippen LogP contribution in [0, 0.1) is 18.4 Å². The number of imidazole rings is 1. The van der Waals surface area contributed by atoms with Crippen LogP contribution >= 0.6 is 7.75 Å². The fourth-order valence-corrected chi connectivity index (χ4v) is 8.34. The van der Waals surface area contributed by atoms with E-state index in [-0.39, 0.29) is 41.8 Å². The molecule has 0 aliphatic rings. The summed E-state index contributed by atoms with van der Waals surface area (Å²) in [5, 5.41) is 14.5. The molecule has 2 aromatic carbocycles. The lowest BCUT2D eigenvalue weighted by Gasteiger charge is -2.33. The number of nitrogens with two attached hydrogens (primary N) is 1. The number of unbranched alkanes of at least 4 members (excludes halogenated alkanes) is 10. The number of para-hydroxylation sites is 1. The summed E-state index contributed by atoms with van der Waals surface area (Å²) in [5.74, 6) is 1.86. The molecule has 0 amide bonds. The third kappa shape index (κ3) is 15.0. The molecule has 0 aliphatic heterocycles. The summed E-state index contributed by atoms with van der Waals surface area (Å²) in [6.45, 7) is 3.42. The maximum atomic E-state index is 15.0. The second-order valence-corrected chi connectivity index (χ2v) is 16.6. The number of carbonyl (C=O) groups excluding carboxylic acids is 1. The minimum Gasteiger partial charge on any atom is -0.461 e. The SMILES string of the molecule is C#C[C@](COP(=O)(N[C@@H](Cc1ccccc1)C(=O)OC(CCCCCCCC)CCCCCCCC)Oc1ccccc1)(OC)[C@@H](O)Cn1cnc2c(N)nc(F)nc21. The molecule has 0 saturated carbocycles. The minimum atomic E-state index is -4.53. The largest absolute Gasteiger partial charge is 0.461 e. The number of halogens is 1. The zero-order valence-electron chi connectivity index (χ0n) is 34.8. The van der Waals surface area contributed by atoms with E-state index in [2.05, 4.69) is 39.8 Å². The van der Waals surface area contributed by atoms with E-state index in [0.717, 1.165) is 56.9 Å². The van der Waals surface area contributed by atoms with Gasteiger partial charge in [0.05, 0.1) is 12.9 Å². The number of nitrogen functional groups attached to an aromatic ring is 1. The highest BCUT2D eigenvalue weighted by Crippen LogP contribution is 2.46. The fraction of sp³-hybridized carbons (Fsp3) is 0.545. The van der Waals surface area contributed by atoms with E-state index in [1.54, 1.807) is 30.3 Å². The monoisotopic (exact) mass is 836 g/mol. The maximum Gasteiger partial charge on any atom is 0.459 e. The first-order valence-electron chi connectivity index (χ1n) is 20.9. The Morgan fingerprint density at radius 3 is 2.14 bits per heavy atom. The highest BCUT2D eigenvalue weighted by molar-refractivity contribution is 7.52. The summed E-state index contributed by atoms with van der Waals surface area (Å²) in [6.07, 6.45) is 19.3. The lowest BCUT2D eigenvalue weighted by molar-refractivity contribution is -0.152. The Labute approximate surface area is 348 Å². The molecule has 0 fully saturated rings. The zero-order chi connectivity index (χ0) is 42.5. The highest BCUT2D eigenvalue weighted by atomic mass is 31.2. The van der Waals surface area contributed by atoms with Gasteiger partial charge >= 0.3 is 19.8 Å². The van der Waals surface area contributed by atoms with Gasteiger partial charge in [-0.25, -0.2) is 9.55 Å². The van der Waals surface area contributed by atoms with Crippen molar-refractivity contribution >= 4 is 30.7 Å². The number of methoxy groups -OCH3 is 1. The predicted molar refractivity (Wildman–Crippen MR) is 228 cm³/mol. The number of ether oxygens (including phenoxy) is 2. The number of hydrogen-bond donors (Lipinski definition) is 3.